The van der Waals surface area contributed by atoms with Gasteiger partial charge in [0, 0.05) is 40.8 Å². The number of fused-ring (bicyclic) bond motifs is 2. The molecule has 37 heavy (non-hydrogen) atoms. The maximum atomic E-state index is 11.6. The van der Waals surface area contributed by atoms with Gasteiger partial charge in [-0.15, -0.1) is 0 Å². The molecule has 0 atom stereocenters. The van der Waals surface area contributed by atoms with Crippen LogP contribution in [0.1, 0.15) is 48.5 Å². The van der Waals surface area contributed by atoms with Crippen molar-refractivity contribution in [1.82, 2.24) is 0 Å². The van der Waals surface area contributed by atoms with Crippen LogP contribution in [0.25, 0.3) is 16.3 Å². The van der Waals surface area contributed by atoms with E-state index in [4.69, 9.17) is 11.6 Å². The van der Waals surface area contributed by atoms with Gasteiger partial charge in [-0.3, -0.25) is 0 Å². The Hall–Kier alpha value is -2.37. The average molecular weight is 579 g/mol. The summed E-state index contributed by atoms with van der Waals surface area (Å²) in [6.45, 7) is 5.45. The first-order chi connectivity index (χ1) is 17.6. The zero-order valence-electron chi connectivity index (χ0n) is 20.4. The van der Waals surface area contributed by atoms with Crippen molar-refractivity contribution in [2.75, 3.05) is 17.2 Å². The van der Waals surface area contributed by atoms with Crippen LogP contribution in [0.15, 0.2) is 58.0 Å². The Bertz CT molecular complexity index is 1510. The molecule has 0 amide bonds. The van der Waals surface area contributed by atoms with Crippen molar-refractivity contribution in [1.29, 1.82) is 0 Å². The van der Waals surface area contributed by atoms with Gasteiger partial charge in [0.1, 0.15) is 4.70 Å². The third-order valence-electron chi connectivity index (χ3n) is 6.04. The lowest BCUT2D eigenvalue weighted by Crippen LogP contribution is -2.35. The number of hydrogen-bond acceptors (Lipinski definition) is 7. The lowest BCUT2D eigenvalue weighted by atomic mass is 10.1. The summed E-state index contributed by atoms with van der Waals surface area (Å²) in [7, 11) is -4.27. The van der Waals surface area contributed by atoms with Gasteiger partial charge in [0.15, 0.2) is 6.54 Å². The lowest BCUT2D eigenvalue weighted by molar-refractivity contribution is -0.669. The maximum absolute atomic E-state index is 11.6. The molecule has 11 heteroatoms. The van der Waals surface area contributed by atoms with Crippen molar-refractivity contribution in [3.63, 3.8) is 0 Å². The van der Waals surface area contributed by atoms with Crippen molar-refractivity contribution in [2.24, 2.45) is 0 Å². The number of aryl methyl sites for hydroxylation is 1. The molecule has 1 aliphatic rings. The van der Waals surface area contributed by atoms with Crippen LogP contribution in [0.2, 0.25) is 5.02 Å². The quantitative estimate of drug-likeness (QED) is 0.175. The van der Waals surface area contributed by atoms with Gasteiger partial charge in [-0.05, 0) is 61.7 Å². The number of carbonyl (C=O) groups is 1. The van der Waals surface area contributed by atoms with Crippen LogP contribution in [-0.2, 0) is 16.7 Å². The summed E-state index contributed by atoms with van der Waals surface area (Å²) in [6, 6.07) is 10.9. The molecule has 7 nitrogen and oxygen atoms in total. The molecule has 1 aliphatic heterocycles. The highest BCUT2D eigenvalue weighted by atomic mass is 35.5. The number of aromatic carboxylic acids is 1. The second-order valence-corrected chi connectivity index (χ2v) is 12.6. The standard InChI is InChI=1S/C26H27ClN2O5S3/c1-3-17(13-24-28(4-2)21-16-19(27)8-10-23(21)35-24)14-25-29(11-5-6-12-37(32,33)34)20-15-18(26(30)31)7-9-22(20)36-25/h7-10,13-16H,3-6,11-12H2,1-2H3,(H-,30,31,32,33,34). The number of halogens is 1. The van der Waals surface area contributed by atoms with Gasteiger partial charge in [-0.25, -0.2) is 13.2 Å². The number of rotatable bonds is 10. The number of thiazole rings is 1. The number of allylic oxidation sites excluding steroid dienone is 2. The zero-order chi connectivity index (χ0) is 26.7. The van der Waals surface area contributed by atoms with Crippen LogP contribution in [0.5, 0.6) is 0 Å². The SMILES string of the molecule is CCC(=Cc1sc2ccc(C(=O)O)cc2[n+]1CCCCS(=O)(=O)[O-])C=C1Sc2ccc(Cl)cc2N1CC. The van der Waals surface area contributed by atoms with Crippen molar-refractivity contribution in [3.05, 3.63) is 68.7 Å². The number of thioether (sulfide) groups is 1. The van der Waals surface area contributed by atoms with E-state index < -0.39 is 21.8 Å². The van der Waals surface area contributed by atoms with E-state index in [0.29, 0.717) is 18.0 Å². The van der Waals surface area contributed by atoms with Gasteiger partial charge >= 0.3 is 5.97 Å². The van der Waals surface area contributed by atoms with Crippen LogP contribution in [0.4, 0.5) is 5.69 Å². The first kappa shape index (κ1) is 27.7. The average Bonchev–Trinajstić information content (AvgIpc) is 3.36. The molecule has 4 rings (SSSR count). The number of carboxylic acid groups (broad SMARTS) is 1. The zero-order valence-corrected chi connectivity index (χ0v) is 23.6. The lowest BCUT2D eigenvalue weighted by Gasteiger charge is -2.18. The number of carboxylic acids is 1. The number of benzene rings is 2. The number of hydrogen-bond donors (Lipinski definition) is 1. The van der Waals surface area contributed by atoms with Gasteiger partial charge in [-0.1, -0.05) is 41.6 Å². The Morgan fingerprint density at radius 3 is 2.65 bits per heavy atom. The van der Waals surface area contributed by atoms with E-state index in [0.717, 1.165) is 49.4 Å². The summed E-state index contributed by atoms with van der Waals surface area (Å²) in [4.78, 5) is 15.0. The monoisotopic (exact) mass is 578 g/mol. The Morgan fingerprint density at radius 2 is 1.97 bits per heavy atom. The summed E-state index contributed by atoms with van der Waals surface area (Å²) in [5, 5.41) is 12.2. The molecular formula is C26H27ClN2O5S3. The molecule has 2 aromatic carbocycles. The molecule has 0 fully saturated rings. The summed E-state index contributed by atoms with van der Waals surface area (Å²) in [5.74, 6) is -1.42. The molecule has 0 radical (unpaired) electrons. The third kappa shape index (κ3) is 6.56. The van der Waals surface area contributed by atoms with Crippen molar-refractivity contribution in [2.45, 2.75) is 44.6 Å². The molecule has 0 saturated carbocycles. The van der Waals surface area contributed by atoms with Crippen molar-refractivity contribution in [3.8, 4) is 0 Å². The van der Waals surface area contributed by atoms with E-state index in [1.54, 1.807) is 41.3 Å². The first-order valence-corrected chi connectivity index (χ1v) is 15.5. The fourth-order valence-corrected chi connectivity index (χ4v) is 7.24. The van der Waals surface area contributed by atoms with E-state index >= 15 is 0 Å². The Kier molecular flexibility index (Phi) is 8.65. The maximum Gasteiger partial charge on any atom is 0.335 e. The number of unbranched alkanes of at least 4 members (excludes halogenated alkanes) is 1. The highest BCUT2D eigenvalue weighted by molar-refractivity contribution is 8.03. The molecule has 0 spiro atoms. The van der Waals surface area contributed by atoms with E-state index in [9.17, 15) is 22.9 Å². The normalized spacial score (nSPS) is 15.1. The van der Waals surface area contributed by atoms with Gasteiger partial charge in [0.2, 0.25) is 5.52 Å². The molecule has 2 heterocycles. The van der Waals surface area contributed by atoms with E-state index in [2.05, 4.69) is 30.9 Å². The van der Waals surface area contributed by atoms with Crippen LogP contribution in [-0.4, -0.2) is 36.3 Å². The van der Waals surface area contributed by atoms with Gasteiger partial charge in [0.25, 0.3) is 5.01 Å². The van der Waals surface area contributed by atoms with Crippen molar-refractivity contribution < 1.29 is 27.4 Å². The fraction of sp³-hybridized carbons (Fsp3) is 0.308. The Labute approximate surface area is 229 Å². The van der Waals surface area contributed by atoms with Gasteiger partial charge < -0.3 is 14.6 Å². The highest BCUT2D eigenvalue weighted by Crippen LogP contribution is 2.47. The molecule has 0 unspecified atom stereocenters. The summed E-state index contributed by atoms with van der Waals surface area (Å²) in [5.41, 5.74) is 3.15. The minimum absolute atomic E-state index is 0.187. The van der Waals surface area contributed by atoms with Crippen molar-refractivity contribution >= 4 is 72.8 Å². The van der Waals surface area contributed by atoms with Crippen LogP contribution >= 0.6 is 34.7 Å². The van der Waals surface area contributed by atoms with E-state index in [1.807, 2.05) is 22.8 Å². The number of nitrogens with zero attached hydrogens (tertiary/aromatic N) is 2. The highest BCUT2D eigenvalue weighted by Gasteiger charge is 2.25. The molecule has 0 saturated heterocycles. The van der Waals surface area contributed by atoms with E-state index in [-0.39, 0.29) is 12.0 Å². The first-order valence-electron chi connectivity index (χ1n) is 11.9. The molecular weight excluding hydrogens is 552 g/mol. The third-order valence-corrected chi connectivity index (χ3v) is 9.29. The minimum atomic E-state index is -4.27. The second kappa shape index (κ2) is 11.6. The molecule has 196 valence electrons. The molecule has 1 aromatic heterocycles. The van der Waals surface area contributed by atoms with Crippen LogP contribution in [0.3, 0.4) is 0 Å². The number of anilines is 1. The van der Waals surface area contributed by atoms with Crippen LogP contribution < -0.4 is 9.47 Å². The van der Waals surface area contributed by atoms with Gasteiger partial charge in [-0.2, -0.15) is 4.57 Å². The van der Waals surface area contributed by atoms with E-state index in [1.165, 1.54) is 0 Å². The Morgan fingerprint density at radius 1 is 1.19 bits per heavy atom. The summed E-state index contributed by atoms with van der Waals surface area (Å²) in [6.07, 6.45) is 5.78. The molecule has 3 aromatic rings. The number of aromatic nitrogens is 1. The summed E-state index contributed by atoms with van der Waals surface area (Å²) < 4.78 is 36.1. The second-order valence-electron chi connectivity index (χ2n) is 8.56. The smallest absolute Gasteiger partial charge is 0.335 e. The minimum Gasteiger partial charge on any atom is -0.748 e. The molecule has 0 bridgehead atoms. The Balaban J connectivity index is 1.72. The summed E-state index contributed by atoms with van der Waals surface area (Å²) >= 11 is 9.49. The molecule has 1 N–H and O–H groups in total. The van der Waals surface area contributed by atoms with Crippen LogP contribution in [0, 0.1) is 0 Å². The predicted octanol–water partition coefficient (Wildman–Crippen LogP) is 6.13. The predicted molar refractivity (Wildman–Crippen MR) is 149 cm³/mol. The largest absolute Gasteiger partial charge is 0.748 e. The van der Waals surface area contributed by atoms with Gasteiger partial charge in [0.05, 0.1) is 26.4 Å². The molecule has 0 aliphatic carbocycles. The topological polar surface area (TPSA) is 102 Å². The fourth-order valence-electron chi connectivity index (χ4n) is 4.19.